The van der Waals surface area contributed by atoms with Crippen LogP contribution in [0.15, 0.2) is 48.5 Å². The third-order valence-electron chi connectivity index (χ3n) is 4.64. The highest BCUT2D eigenvalue weighted by molar-refractivity contribution is 6.31. The van der Waals surface area contributed by atoms with Gasteiger partial charge in [-0.3, -0.25) is 9.59 Å². The van der Waals surface area contributed by atoms with E-state index in [9.17, 15) is 9.59 Å². The minimum absolute atomic E-state index is 0.0309. The molecule has 148 valence electrons. The number of hydrogen-bond donors (Lipinski definition) is 0. The number of rotatable bonds is 6. The van der Waals surface area contributed by atoms with Gasteiger partial charge in [-0.15, -0.1) is 0 Å². The summed E-state index contributed by atoms with van der Waals surface area (Å²) in [6.45, 7) is 2.28. The van der Waals surface area contributed by atoms with Crippen molar-refractivity contribution in [3.8, 4) is 11.5 Å². The molecule has 2 aromatic carbocycles. The Morgan fingerprint density at radius 3 is 2.36 bits per heavy atom. The number of amides is 2. The number of para-hydroxylation sites is 1. The van der Waals surface area contributed by atoms with Crippen LogP contribution in [0.3, 0.4) is 0 Å². The molecule has 1 aliphatic rings. The van der Waals surface area contributed by atoms with Crippen molar-refractivity contribution in [2.24, 2.45) is 0 Å². The standard InChI is InChI=1S/C21H23ClN2O4/c1-27-19-8-7-16(22)15-18(19)21(26)24-12-10-23(11-13-24)20(25)9-14-28-17-5-3-2-4-6-17/h2-8,15H,9-14H2,1H3. The minimum atomic E-state index is -0.140. The van der Waals surface area contributed by atoms with Crippen molar-refractivity contribution < 1.29 is 19.1 Å². The molecule has 1 saturated heterocycles. The predicted molar refractivity (Wildman–Crippen MR) is 107 cm³/mol. The molecule has 28 heavy (non-hydrogen) atoms. The van der Waals surface area contributed by atoms with Crippen LogP contribution in [0.4, 0.5) is 0 Å². The normalized spacial score (nSPS) is 13.9. The maximum absolute atomic E-state index is 12.8. The van der Waals surface area contributed by atoms with Gasteiger partial charge in [-0.05, 0) is 30.3 Å². The molecule has 1 aliphatic heterocycles. The maximum atomic E-state index is 12.8. The number of halogens is 1. The van der Waals surface area contributed by atoms with E-state index < -0.39 is 0 Å². The van der Waals surface area contributed by atoms with Gasteiger partial charge in [0.25, 0.3) is 5.91 Å². The molecule has 2 aromatic rings. The van der Waals surface area contributed by atoms with E-state index in [1.807, 2.05) is 30.3 Å². The molecule has 0 aliphatic carbocycles. The lowest BCUT2D eigenvalue weighted by molar-refractivity contribution is -0.133. The predicted octanol–water partition coefficient (Wildman–Crippen LogP) is 3.10. The first-order valence-corrected chi connectivity index (χ1v) is 9.54. The van der Waals surface area contributed by atoms with Gasteiger partial charge in [-0.1, -0.05) is 29.8 Å². The number of carbonyl (C=O) groups excluding carboxylic acids is 2. The van der Waals surface area contributed by atoms with Crippen LogP contribution in [-0.4, -0.2) is 61.5 Å². The Morgan fingerprint density at radius 2 is 1.68 bits per heavy atom. The van der Waals surface area contributed by atoms with Crippen molar-refractivity contribution in [1.29, 1.82) is 0 Å². The number of ether oxygens (including phenoxy) is 2. The summed E-state index contributed by atoms with van der Waals surface area (Å²) in [5.74, 6) is 1.13. The summed E-state index contributed by atoms with van der Waals surface area (Å²) in [4.78, 5) is 28.7. The molecule has 2 amide bonds. The summed E-state index contributed by atoms with van der Waals surface area (Å²) in [7, 11) is 1.52. The SMILES string of the molecule is COc1ccc(Cl)cc1C(=O)N1CCN(C(=O)CCOc2ccccc2)CC1. The van der Waals surface area contributed by atoms with Crippen LogP contribution in [0, 0.1) is 0 Å². The van der Waals surface area contributed by atoms with E-state index in [0.29, 0.717) is 55.5 Å². The smallest absolute Gasteiger partial charge is 0.257 e. The van der Waals surface area contributed by atoms with E-state index in [0.717, 1.165) is 5.75 Å². The van der Waals surface area contributed by atoms with Crippen LogP contribution in [0.1, 0.15) is 16.8 Å². The largest absolute Gasteiger partial charge is 0.496 e. The maximum Gasteiger partial charge on any atom is 0.257 e. The van der Waals surface area contributed by atoms with E-state index in [1.54, 1.807) is 28.0 Å². The second-order valence-corrected chi connectivity index (χ2v) is 6.87. The first kappa shape index (κ1) is 20.0. The van der Waals surface area contributed by atoms with Crippen molar-refractivity contribution in [3.05, 3.63) is 59.1 Å². The fraction of sp³-hybridized carbons (Fsp3) is 0.333. The summed E-state index contributed by atoms with van der Waals surface area (Å²) in [6.07, 6.45) is 0.310. The average molecular weight is 403 g/mol. The first-order valence-electron chi connectivity index (χ1n) is 9.17. The van der Waals surface area contributed by atoms with Gasteiger partial charge in [-0.25, -0.2) is 0 Å². The molecule has 3 rings (SSSR count). The van der Waals surface area contributed by atoms with Crippen molar-refractivity contribution >= 4 is 23.4 Å². The lowest BCUT2D eigenvalue weighted by Crippen LogP contribution is -2.50. The third-order valence-corrected chi connectivity index (χ3v) is 4.87. The lowest BCUT2D eigenvalue weighted by Gasteiger charge is -2.35. The van der Waals surface area contributed by atoms with E-state index in [-0.39, 0.29) is 11.8 Å². The van der Waals surface area contributed by atoms with E-state index >= 15 is 0 Å². The van der Waals surface area contributed by atoms with Crippen LogP contribution in [0.2, 0.25) is 5.02 Å². The van der Waals surface area contributed by atoms with Crippen molar-refractivity contribution in [2.75, 3.05) is 39.9 Å². The van der Waals surface area contributed by atoms with Crippen LogP contribution < -0.4 is 9.47 Å². The van der Waals surface area contributed by atoms with Crippen LogP contribution in [0.5, 0.6) is 11.5 Å². The Balaban J connectivity index is 1.49. The Labute approximate surface area is 169 Å². The second-order valence-electron chi connectivity index (χ2n) is 6.43. The molecule has 0 saturated carbocycles. The lowest BCUT2D eigenvalue weighted by atomic mass is 10.1. The quantitative estimate of drug-likeness (QED) is 0.745. The molecule has 1 fully saturated rings. The summed E-state index contributed by atoms with van der Waals surface area (Å²) in [5.41, 5.74) is 0.436. The Morgan fingerprint density at radius 1 is 1.00 bits per heavy atom. The number of methoxy groups -OCH3 is 1. The van der Waals surface area contributed by atoms with Gasteiger partial charge in [0.1, 0.15) is 11.5 Å². The average Bonchev–Trinajstić information content (AvgIpc) is 2.74. The summed E-state index contributed by atoms with van der Waals surface area (Å²) >= 11 is 6.02. The highest BCUT2D eigenvalue weighted by Crippen LogP contribution is 2.24. The molecule has 0 bridgehead atoms. The van der Waals surface area contributed by atoms with Crippen molar-refractivity contribution in [3.63, 3.8) is 0 Å². The topological polar surface area (TPSA) is 59.1 Å². The fourth-order valence-corrected chi connectivity index (χ4v) is 3.28. The fourth-order valence-electron chi connectivity index (χ4n) is 3.11. The molecule has 0 N–H and O–H groups in total. The van der Waals surface area contributed by atoms with Crippen molar-refractivity contribution in [1.82, 2.24) is 9.80 Å². The van der Waals surface area contributed by atoms with Gasteiger partial charge in [0.05, 0.1) is 25.7 Å². The number of nitrogens with zero attached hydrogens (tertiary/aromatic N) is 2. The third kappa shape index (κ3) is 4.95. The highest BCUT2D eigenvalue weighted by Gasteiger charge is 2.26. The zero-order valence-electron chi connectivity index (χ0n) is 15.8. The summed E-state index contributed by atoms with van der Waals surface area (Å²) in [6, 6.07) is 14.4. The molecule has 0 radical (unpaired) electrons. The van der Waals surface area contributed by atoms with Gasteiger partial charge < -0.3 is 19.3 Å². The van der Waals surface area contributed by atoms with Crippen LogP contribution in [-0.2, 0) is 4.79 Å². The van der Waals surface area contributed by atoms with E-state index in [4.69, 9.17) is 21.1 Å². The number of piperazine rings is 1. The molecule has 0 unspecified atom stereocenters. The van der Waals surface area contributed by atoms with Gasteiger partial charge in [0, 0.05) is 31.2 Å². The monoisotopic (exact) mass is 402 g/mol. The molecule has 6 nitrogen and oxygen atoms in total. The van der Waals surface area contributed by atoms with E-state index in [2.05, 4.69) is 0 Å². The van der Waals surface area contributed by atoms with Gasteiger partial charge >= 0.3 is 0 Å². The summed E-state index contributed by atoms with van der Waals surface area (Å²) in [5, 5.41) is 0.483. The van der Waals surface area contributed by atoms with Gasteiger partial charge in [0.15, 0.2) is 0 Å². The van der Waals surface area contributed by atoms with Crippen LogP contribution in [0.25, 0.3) is 0 Å². The molecule has 0 aromatic heterocycles. The molecule has 7 heteroatoms. The molecule has 1 heterocycles. The zero-order valence-corrected chi connectivity index (χ0v) is 16.5. The number of carbonyl (C=O) groups is 2. The number of benzene rings is 2. The Hall–Kier alpha value is -2.73. The number of hydrogen-bond acceptors (Lipinski definition) is 4. The van der Waals surface area contributed by atoms with E-state index in [1.165, 1.54) is 7.11 Å². The second kappa shape index (κ2) is 9.46. The Bertz CT molecular complexity index is 820. The Kier molecular flexibility index (Phi) is 6.76. The van der Waals surface area contributed by atoms with Crippen molar-refractivity contribution in [2.45, 2.75) is 6.42 Å². The molecular formula is C21H23ClN2O4. The zero-order chi connectivity index (χ0) is 19.9. The first-order chi connectivity index (χ1) is 13.6. The minimum Gasteiger partial charge on any atom is -0.496 e. The molecule has 0 spiro atoms. The molecule has 0 atom stereocenters. The van der Waals surface area contributed by atoms with Crippen LogP contribution >= 0.6 is 11.6 Å². The summed E-state index contributed by atoms with van der Waals surface area (Å²) < 4.78 is 10.9. The molecular weight excluding hydrogens is 380 g/mol. The van der Waals surface area contributed by atoms with Gasteiger partial charge in [-0.2, -0.15) is 0 Å². The highest BCUT2D eigenvalue weighted by atomic mass is 35.5. The van der Waals surface area contributed by atoms with Gasteiger partial charge in [0.2, 0.25) is 5.91 Å².